The molecular weight excluding hydrogens is 264 g/mol. The third-order valence-corrected chi connectivity index (χ3v) is 3.19. The lowest BCUT2D eigenvalue weighted by molar-refractivity contribution is -0.384. The summed E-state index contributed by atoms with van der Waals surface area (Å²) in [6.45, 7) is 0. The average Bonchev–Trinajstić information content (AvgIpc) is 2.39. The van der Waals surface area contributed by atoms with Crippen molar-refractivity contribution in [2.24, 2.45) is 0 Å². The molecule has 6 nitrogen and oxygen atoms in total. The highest BCUT2D eigenvalue weighted by Crippen LogP contribution is 2.27. The first kappa shape index (κ1) is 13.2. The molecule has 0 aliphatic heterocycles. The Morgan fingerprint density at radius 1 is 1.26 bits per heavy atom. The number of nitrogen functional groups attached to an aromatic ring is 1. The molecule has 0 unspecified atom stereocenters. The summed E-state index contributed by atoms with van der Waals surface area (Å²) in [4.78, 5) is 15.5. The van der Waals surface area contributed by atoms with E-state index >= 15 is 0 Å². The SMILES string of the molecule is CSc1ccc(Nc2nc(N)ccc2[N+](=O)[O-])cc1. The molecule has 0 saturated carbocycles. The Hall–Kier alpha value is -2.28. The monoisotopic (exact) mass is 276 g/mol. The molecule has 0 fully saturated rings. The van der Waals surface area contributed by atoms with Crippen molar-refractivity contribution in [3.8, 4) is 0 Å². The van der Waals surface area contributed by atoms with E-state index in [0.29, 0.717) is 0 Å². The molecule has 98 valence electrons. The van der Waals surface area contributed by atoms with E-state index in [4.69, 9.17) is 5.73 Å². The van der Waals surface area contributed by atoms with Gasteiger partial charge in [0.1, 0.15) is 5.82 Å². The lowest BCUT2D eigenvalue weighted by Gasteiger charge is -2.07. The van der Waals surface area contributed by atoms with Crippen molar-refractivity contribution in [2.75, 3.05) is 17.3 Å². The van der Waals surface area contributed by atoms with E-state index in [2.05, 4.69) is 10.3 Å². The minimum absolute atomic E-state index is 0.108. The van der Waals surface area contributed by atoms with Crippen molar-refractivity contribution in [1.29, 1.82) is 0 Å². The third kappa shape index (κ3) is 3.14. The Morgan fingerprint density at radius 2 is 1.95 bits per heavy atom. The molecule has 2 aromatic rings. The Bertz CT molecular complexity index is 601. The van der Waals surface area contributed by atoms with Gasteiger partial charge in [0, 0.05) is 16.6 Å². The van der Waals surface area contributed by atoms with E-state index in [1.54, 1.807) is 11.8 Å². The molecule has 0 radical (unpaired) electrons. The normalized spacial score (nSPS) is 10.2. The van der Waals surface area contributed by atoms with E-state index in [1.165, 1.54) is 12.1 Å². The fourth-order valence-electron chi connectivity index (χ4n) is 1.52. The smallest absolute Gasteiger partial charge is 0.311 e. The predicted molar refractivity (Wildman–Crippen MR) is 76.8 cm³/mol. The van der Waals surface area contributed by atoms with Crippen LogP contribution in [0.4, 0.5) is 23.0 Å². The van der Waals surface area contributed by atoms with Crippen molar-refractivity contribution in [3.05, 3.63) is 46.5 Å². The molecule has 19 heavy (non-hydrogen) atoms. The van der Waals surface area contributed by atoms with Gasteiger partial charge in [-0.25, -0.2) is 4.98 Å². The second kappa shape index (κ2) is 5.57. The summed E-state index contributed by atoms with van der Waals surface area (Å²) >= 11 is 1.62. The van der Waals surface area contributed by atoms with Crippen LogP contribution < -0.4 is 11.1 Å². The van der Waals surface area contributed by atoms with E-state index in [-0.39, 0.29) is 17.3 Å². The van der Waals surface area contributed by atoms with Crippen molar-refractivity contribution < 1.29 is 4.92 Å². The highest BCUT2D eigenvalue weighted by molar-refractivity contribution is 7.98. The van der Waals surface area contributed by atoms with Crippen LogP contribution in [0.3, 0.4) is 0 Å². The molecule has 0 bridgehead atoms. The van der Waals surface area contributed by atoms with Crippen LogP contribution >= 0.6 is 11.8 Å². The number of nitro groups is 1. The quantitative estimate of drug-likeness (QED) is 0.506. The van der Waals surface area contributed by atoms with Crippen LogP contribution in [0.1, 0.15) is 0 Å². The molecule has 0 aliphatic carbocycles. The maximum atomic E-state index is 10.9. The van der Waals surface area contributed by atoms with Gasteiger partial charge in [-0.1, -0.05) is 0 Å². The number of nitrogens with one attached hydrogen (secondary N) is 1. The Balaban J connectivity index is 2.31. The largest absolute Gasteiger partial charge is 0.384 e. The Labute approximate surface area is 114 Å². The van der Waals surface area contributed by atoms with E-state index in [0.717, 1.165) is 10.6 Å². The number of pyridine rings is 1. The first-order valence-corrected chi connectivity index (χ1v) is 6.64. The van der Waals surface area contributed by atoms with Crippen LogP contribution in [0.5, 0.6) is 0 Å². The number of rotatable bonds is 4. The van der Waals surface area contributed by atoms with E-state index < -0.39 is 4.92 Å². The van der Waals surface area contributed by atoms with Crippen molar-refractivity contribution in [3.63, 3.8) is 0 Å². The summed E-state index contributed by atoms with van der Waals surface area (Å²) in [6.07, 6.45) is 1.98. The van der Waals surface area contributed by atoms with Gasteiger partial charge >= 0.3 is 5.69 Å². The van der Waals surface area contributed by atoms with Gasteiger partial charge in [-0.05, 0) is 36.6 Å². The zero-order valence-electron chi connectivity index (χ0n) is 10.2. The third-order valence-electron chi connectivity index (χ3n) is 2.44. The summed E-state index contributed by atoms with van der Waals surface area (Å²) in [6, 6.07) is 10.2. The molecule has 7 heteroatoms. The number of nitrogens with two attached hydrogens (primary N) is 1. The van der Waals surface area contributed by atoms with Crippen molar-refractivity contribution in [2.45, 2.75) is 4.90 Å². The number of benzene rings is 1. The van der Waals surface area contributed by atoms with Crippen LogP contribution in [0, 0.1) is 10.1 Å². The van der Waals surface area contributed by atoms with Crippen molar-refractivity contribution >= 4 is 34.8 Å². The number of thioether (sulfide) groups is 1. The molecule has 0 saturated heterocycles. The maximum Gasteiger partial charge on any atom is 0.311 e. The van der Waals surface area contributed by atoms with Crippen molar-refractivity contribution in [1.82, 2.24) is 4.98 Å². The molecule has 0 spiro atoms. The number of anilines is 3. The van der Waals surface area contributed by atoms with Crippen LogP contribution in [0.25, 0.3) is 0 Å². The first-order chi connectivity index (χ1) is 9.10. The molecular formula is C12H12N4O2S. The highest BCUT2D eigenvalue weighted by atomic mass is 32.2. The zero-order valence-corrected chi connectivity index (χ0v) is 11.0. The van der Waals surface area contributed by atoms with Gasteiger partial charge < -0.3 is 11.1 Å². The Morgan fingerprint density at radius 3 is 2.53 bits per heavy atom. The average molecular weight is 276 g/mol. The first-order valence-electron chi connectivity index (χ1n) is 5.42. The fraction of sp³-hybridized carbons (Fsp3) is 0.0833. The molecule has 0 atom stereocenters. The molecule has 3 N–H and O–H groups in total. The molecule has 0 aliphatic rings. The van der Waals surface area contributed by atoms with Gasteiger partial charge in [-0.3, -0.25) is 10.1 Å². The summed E-state index contributed by atoms with van der Waals surface area (Å²) < 4.78 is 0. The maximum absolute atomic E-state index is 10.9. The molecule has 1 aromatic heterocycles. The topological polar surface area (TPSA) is 94.1 Å². The zero-order chi connectivity index (χ0) is 13.8. The fourth-order valence-corrected chi connectivity index (χ4v) is 1.93. The molecule has 1 heterocycles. The number of aromatic nitrogens is 1. The Kier molecular flexibility index (Phi) is 3.86. The lowest BCUT2D eigenvalue weighted by Crippen LogP contribution is -2.01. The number of hydrogen-bond acceptors (Lipinski definition) is 6. The van der Waals surface area contributed by atoms with Gasteiger partial charge in [0.15, 0.2) is 0 Å². The molecule has 2 rings (SSSR count). The standard InChI is InChI=1S/C12H12N4O2S/c1-19-9-4-2-8(3-5-9)14-12-10(16(17)18)6-7-11(13)15-12/h2-7H,1H3,(H3,13,14,15). The van der Waals surface area contributed by atoms with Crippen LogP contribution in [-0.4, -0.2) is 16.2 Å². The molecule has 1 aromatic carbocycles. The second-order valence-corrected chi connectivity index (χ2v) is 4.59. The predicted octanol–water partition coefficient (Wildman–Crippen LogP) is 3.04. The summed E-state index contributed by atoms with van der Waals surface area (Å²) in [5.74, 6) is 0.371. The lowest BCUT2D eigenvalue weighted by atomic mass is 10.3. The molecule has 0 amide bonds. The van der Waals surface area contributed by atoms with E-state index in [1.807, 2.05) is 30.5 Å². The summed E-state index contributed by atoms with van der Waals surface area (Å²) in [7, 11) is 0. The van der Waals surface area contributed by atoms with Crippen LogP contribution in [0.15, 0.2) is 41.3 Å². The minimum atomic E-state index is -0.495. The van der Waals surface area contributed by atoms with Gasteiger partial charge in [-0.2, -0.15) is 0 Å². The van der Waals surface area contributed by atoms with Gasteiger partial charge in [0.25, 0.3) is 0 Å². The number of hydrogen-bond donors (Lipinski definition) is 2. The summed E-state index contributed by atoms with van der Waals surface area (Å²) in [5.41, 5.74) is 6.16. The van der Waals surface area contributed by atoms with E-state index in [9.17, 15) is 10.1 Å². The second-order valence-electron chi connectivity index (χ2n) is 3.71. The highest BCUT2D eigenvalue weighted by Gasteiger charge is 2.15. The van der Waals surface area contributed by atoms with Crippen LogP contribution in [0.2, 0.25) is 0 Å². The van der Waals surface area contributed by atoms with Gasteiger partial charge in [0.2, 0.25) is 5.82 Å². The minimum Gasteiger partial charge on any atom is -0.384 e. The van der Waals surface area contributed by atoms with Gasteiger partial charge in [0.05, 0.1) is 4.92 Å². The summed E-state index contributed by atoms with van der Waals surface area (Å²) in [5, 5.41) is 13.8. The van der Waals surface area contributed by atoms with Gasteiger partial charge in [-0.15, -0.1) is 11.8 Å². The number of nitrogens with zero attached hydrogens (tertiary/aromatic N) is 2. The van der Waals surface area contributed by atoms with Crippen LogP contribution in [-0.2, 0) is 0 Å².